The number of hydrogen-bond donors (Lipinski definition) is 1. The Morgan fingerprint density at radius 3 is 2.50 bits per heavy atom. The minimum Gasteiger partial charge on any atom is -0.382 e. The summed E-state index contributed by atoms with van der Waals surface area (Å²) in [6.45, 7) is -0.393. The third kappa shape index (κ3) is 3.24. The van der Waals surface area contributed by atoms with Crippen LogP contribution in [0.3, 0.4) is 0 Å². The summed E-state index contributed by atoms with van der Waals surface area (Å²) >= 11 is 0. The lowest BCUT2D eigenvalue weighted by Gasteiger charge is -2.28. The Balaban J connectivity index is 2.52. The van der Waals surface area contributed by atoms with Gasteiger partial charge in [0.2, 0.25) is 0 Å². The van der Waals surface area contributed by atoms with Crippen molar-refractivity contribution < 1.29 is 35.5 Å². The molecular formula is C11H13F5N2O3S. The molecular weight excluding hydrogens is 335 g/mol. The highest BCUT2D eigenvalue weighted by atomic mass is 32.2. The second-order valence-electron chi connectivity index (χ2n) is 5.22. The standard InChI is InChI=1S/C11H13F5N2O3S/c1-22(20,21)5-4-18-6-2-3-10(12,13)9(19)7(6)8(17-18)11(14,15)16/h9,19H,2-5H2,1H3. The third-order valence-corrected chi connectivity index (χ3v) is 4.33. The molecule has 0 aromatic carbocycles. The van der Waals surface area contributed by atoms with Gasteiger partial charge < -0.3 is 5.11 Å². The Morgan fingerprint density at radius 2 is 2.00 bits per heavy atom. The molecule has 22 heavy (non-hydrogen) atoms. The molecule has 0 amide bonds. The third-order valence-electron chi connectivity index (χ3n) is 3.41. The van der Waals surface area contributed by atoms with Crippen molar-refractivity contribution in [2.24, 2.45) is 0 Å². The average molecular weight is 348 g/mol. The lowest BCUT2D eigenvalue weighted by Crippen LogP contribution is -2.33. The summed E-state index contributed by atoms with van der Waals surface area (Å²) in [6.07, 6.45) is -7.99. The molecule has 1 aliphatic rings. The zero-order valence-electron chi connectivity index (χ0n) is 11.4. The Hall–Kier alpha value is -1.23. The van der Waals surface area contributed by atoms with Crippen molar-refractivity contribution in [3.63, 3.8) is 0 Å². The minimum atomic E-state index is -5.02. The summed E-state index contributed by atoms with van der Waals surface area (Å²) < 4.78 is 88.7. The number of aryl methyl sites for hydroxylation is 1. The van der Waals surface area contributed by atoms with Gasteiger partial charge in [-0.15, -0.1) is 0 Å². The predicted octanol–water partition coefficient (Wildman–Crippen LogP) is 1.56. The van der Waals surface area contributed by atoms with E-state index in [1.54, 1.807) is 0 Å². The number of hydrogen-bond acceptors (Lipinski definition) is 4. The van der Waals surface area contributed by atoms with Crippen LogP contribution in [0.2, 0.25) is 0 Å². The number of fused-ring (bicyclic) bond motifs is 1. The van der Waals surface area contributed by atoms with Crippen molar-refractivity contribution in [2.75, 3.05) is 12.0 Å². The monoisotopic (exact) mass is 348 g/mol. The molecule has 0 bridgehead atoms. The van der Waals surface area contributed by atoms with Crippen LogP contribution in [0.1, 0.15) is 29.5 Å². The van der Waals surface area contributed by atoms with Gasteiger partial charge in [-0.25, -0.2) is 17.2 Å². The summed E-state index contributed by atoms with van der Waals surface area (Å²) in [7, 11) is -3.46. The first kappa shape index (κ1) is 17.1. The van der Waals surface area contributed by atoms with E-state index in [4.69, 9.17) is 0 Å². The van der Waals surface area contributed by atoms with Crippen LogP contribution in [-0.4, -0.2) is 41.2 Å². The van der Waals surface area contributed by atoms with E-state index >= 15 is 0 Å². The van der Waals surface area contributed by atoms with Crippen molar-refractivity contribution in [3.05, 3.63) is 17.0 Å². The van der Waals surface area contributed by atoms with Crippen LogP contribution in [0, 0.1) is 0 Å². The molecule has 0 radical (unpaired) electrons. The topological polar surface area (TPSA) is 72.2 Å². The first-order valence-electron chi connectivity index (χ1n) is 6.23. The average Bonchev–Trinajstić information content (AvgIpc) is 2.70. The highest BCUT2D eigenvalue weighted by Gasteiger charge is 2.51. The van der Waals surface area contributed by atoms with Crippen LogP contribution in [0.4, 0.5) is 22.0 Å². The molecule has 1 heterocycles. The van der Waals surface area contributed by atoms with Gasteiger partial charge in [0, 0.05) is 23.9 Å². The van der Waals surface area contributed by atoms with Crippen molar-refractivity contribution in [2.45, 2.75) is 37.6 Å². The van der Waals surface area contributed by atoms with Gasteiger partial charge in [0.15, 0.2) is 5.69 Å². The summed E-state index contributed by atoms with van der Waals surface area (Å²) in [5.74, 6) is -4.16. The van der Waals surface area contributed by atoms with Crippen LogP contribution in [0.25, 0.3) is 0 Å². The van der Waals surface area contributed by atoms with Gasteiger partial charge in [-0.05, 0) is 6.42 Å². The summed E-state index contributed by atoms with van der Waals surface area (Å²) in [6, 6.07) is 0. The Bertz CT molecular complexity index is 681. The predicted molar refractivity (Wildman–Crippen MR) is 65.2 cm³/mol. The largest absolute Gasteiger partial charge is 0.435 e. The minimum absolute atomic E-state index is 0.200. The van der Waals surface area contributed by atoms with Gasteiger partial charge in [0.1, 0.15) is 15.9 Å². The van der Waals surface area contributed by atoms with Crippen molar-refractivity contribution in [3.8, 4) is 0 Å². The highest BCUT2D eigenvalue weighted by Crippen LogP contribution is 2.46. The molecule has 0 fully saturated rings. The molecule has 126 valence electrons. The smallest absolute Gasteiger partial charge is 0.382 e. The van der Waals surface area contributed by atoms with Crippen LogP contribution in [0.5, 0.6) is 0 Å². The number of aliphatic hydroxyl groups is 1. The van der Waals surface area contributed by atoms with E-state index in [1.807, 2.05) is 0 Å². The Morgan fingerprint density at radius 1 is 1.41 bits per heavy atom. The summed E-state index contributed by atoms with van der Waals surface area (Å²) in [4.78, 5) is 0. The number of halogens is 5. The van der Waals surface area contributed by atoms with Crippen LogP contribution in [0.15, 0.2) is 0 Å². The molecule has 0 spiro atoms. The molecule has 1 aliphatic carbocycles. The molecule has 0 saturated carbocycles. The van der Waals surface area contributed by atoms with Gasteiger partial charge in [0.25, 0.3) is 5.92 Å². The lowest BCUT2D eigenvalue weighted by atomic mass is 9.89. The number of nitrogens with zero attached hydrogens (tertiary/aromatic N) is 2. The number of rotatable bonds is 3. The fraction of sp³-hybridized carbons (Fsp3) is 0.727. The SMILES string of the molecule is CS(=O)(=O)CCn1nc(C(F)(F)F)c2c1CCC(F)(F)C2O. The van der Waals surface area contributed by atoms with E-state index in [2.05, 4.69) is 5.10 Å². The quantitative estimate of drug-likeness (QED) is 0.842. The molecule has 0 aliphatic heterocycles. The maximum absolute atomic E-state index is 13.5. The van der Waals surface area contributed by atoms with Gasteiger partial charge in [0.05, 0.1) is 12.3 Å². The lowest BCUT2D eigenvalue weighted by molar-refractivity contribution is -0.150. The number of sulfone groups is 1. The van der Waals surface area contributed by atoms with Crippen molar-refractivity contribution >= 4 is 9.84 Å². The maximum atomic E-state index is 13.5. The van der Waals surface area contributed by atoms with Crippen molar-refractivity contribution in [1.82, 2.24) is 9.78 Å². The molecule has 5 nitrogen and oxygen atoms in total. The molecule has 11 heteroatoms. The molecule has 1 atom stereocenters. The second-order valence-corrected chi connectivity index (χ2v) is 7.48. The Labute approximate surface area is 122 Å². The number of alkyl halides is 5. The zero-order valence-corrected chi connectivity index (χ0v) is 12.2. The normalized spacial score (nSPS) is 21.7. The van der Waals surface area contributed by atoms with Gasteiger partial charge >= 0.3 is 6.18 Å². The van der Waals surface area contributed by atoms with Gasteiger partial charge in [-0.1, -0.05) is 0 Å². The number of aliphatic hydroxyl groups excluding tert-OH is 1. The van der Waals surface area contributed by atoms with E-state index < -0.39 is 64.4 Å². The van der Waals surface area contributed by atoms with E-state index in [0.717, 1.165) is 10.9 Å². The number of aromatic nitrogens is 2. The van der Waals surface area contributed by atoms with Crippen LogP contribution >= 0.6 is 0 Å². The first-order valence-corrected chi connectivity index (χ1v) is 8.29. The molecule has 2 rings (SSSR count). The first-order chi connectivity index (χ1) is 9.83. The van der Waals surface area contributed by atoms with Crippen molar-refractivity contribution in [1.29, 1.82) is 0 Å². The molecule has 1 aromatic rings. The van der Waals surface area contributed by atoms with E-state index in [0.29, 0.717) is 0 Å². The van der Waals surface area contributed by atoms with Crippen LogP contribution < -0.4 is 0 Å². The van der Waals surface area contributed by atoms with E-state index in [9.17, 15) is 35.5 Å². The van der Waals surface area contributed by atoms with Gasteiger partial charge in [-0.2, -0.15) is 18.3 Å². The fourth-order valence-electron chi connectivity index (χ4n) is 2.34. The summed E-state index contributed by atoms with van der Waals surface area (Å²) in [5, 5.41) is 12.8. The highest BCUT2D eigenvalue weighted by molar-refractivity contribution is 7.90. The molecule has 1 unspecified atom stereocenters. The fourth-order valence-corrected chi connectivity index (χ4v) is 2.85. The Kier molecular flexibility index (Phi) is 4.01. The summed E-state index contributed by atoms with van der Waals surface area (Å²) in [5.41, 5.74) is -2.76. The molecule has 1 aromatic heterocycles. The van der Waals surface area contributed by atoms with E-state index in [1.165, 1.54) is 0 Å². The molecule has 0 saturated heterocycles. The maximum Gasteiger partial charge on any atom is 0.435 e. The van der Waals surface area contributed by atoms with Gasteiger partial charge in [-0.3, -0.25) is 4.68 Å². The zero-order chi connectivity index (χ0) is 16.9. The second kappa shape index (κ2) is 5.15. The van der Waals surface area contributed by atoms with Crippen LogP contribution in [-0.2, 0) is 29.0 Å². The van der Waals surface area contributed by atoms with E-state index in [-0.39, 0.29) is 5.69 Å². The molecule has 1 N–H and O–H groups in total.